The first-order valence-corrected chi connectivity index (χ1v) is 7.52. The molecular weight excluding hydrogens is 246 g/mol. The zero-order valence-electron chi connectivity index (χ0n) is 12.1. The lowest BCUT2D eigenvalue weighted by atomic mass is 9.65. The zero-order chi connectivity index (χ0) is 14.0. The summed E-state index contributed by atoms with van der Waals surface area (Å²) in [7, 11) is 2.03. The molecule has 0 aliphatic heterocycles. The van der Waals surface area contributed by atoms with Crippen molar-refractivity contribution >= 4 is 0 Å². The summed E-state index contributed by atoms with van der Waals surface area (Å²) < 4.78 is 2.06. The van der Waals surface area contributed by atoms with Crippen LogP contribution in [0.1, 0.15) is 49.5 Å². The first-order valence-electron chi connectivity index (χ1n) is 7.52. The van der Waals surface area contributed by atoms with Crippen LogP contribution in [0.25, 0.3) is 0 Å². The average molecular weight is 269 g/mol. The predicted molar refractivity (Wildman–Crippen MR) is 81.3 cm³/mol. The van der Waals surface area contributed by atoms with Crippen molar-refractivity contribution in [1.29, 1.82) is 0 Å². The Morgan fingerprint density at radius 1 is 1.15 bits per heavy atom. The van der Waals surface area contributed by atoms with Crippen LogP contribution in [0.5, 0.6) is 0 Å². The zero-order valence-corrected chi connectivity index (χ0v) is 12.1. The van der Waals surface area contributed by atoms with E-state index in [4.69, 9.17) is 5.73 Å². The molecule has 0 spiro atoms. The molecule has 2 aromatic rings. The van der Waals surface area contributed by atoms with Gasteiger partial charge in [0.25, 0.3) is 0 Å². The molecule has 1 saturated carbocycles. The van der Waals surface area contributed by atoms with Crippen molar-refractivity contribution in [2.45, 2.75) is 43.6 Å². The van der Waals surface area contributed by atoms with E-state index in [1.807, 2.05) is 19.4 Å². The Morgan fingerprint density at radius 2 is 1.85 bits per heavy atom. The van der Waals surface area contributed by atoms with Crippen LogP contribution < -0.4 is 5.73 Å². The van der Waals surface area contributed by atoms with Gasteiger partial charge in [0.15, 0.2) is 0 Å². The lowest BCUT2D eigenvalue weighted by molar-refractivity contribution is 0.235. The molecule has 1 atom stereocenters. The molecule has 1 aliphatic carbocycles. The molecule has 3 nitrogen and oxygen atoms in total. The van der Waals surface area contributed by atoms with Gasteiger partial charge in [-0.3, -0.25) is 0 Å². The number of aromatic nitrogens is 2. The Bertz CT molecular complexity index is 553. The van der Waals surface area contributed by atoms with Crippen LogP contribution in [0, 0.1) is 0 Å². The van der Waals surface area contributed by atoms with Crippen molar-refractivity contribution in [2.24, 2.45) is 12.8 Å². The summed E-state index contributed by atoms with van der Waals surface area (Å²) in [5.41, 5.74) is 8.11. The lowest BCUT2D eigenvalue weighted by Gasteiger charge is -2.42. The second kappa shape index (κ2) is 5.41. The largest absolute Gasteiger partial charge is 0.337 e. The molecule has 1 aromatic heterocycles. The molecule has 20 heavy (non-hydrogen) atoms. The van der Waals surface area contributed by atoms with Crippen LogP contribution in [-0.2, 0) is 12.5 Å². The molecular formula is C17H23N3. The molecule has 3 heteroatoms. The molecule has 0 bridgehead atoms. The fraction of sp³-hybridized carbons (Fsp3) is 0.471. The van der Waals surface area contributed by atoms with Gasteiger partial charge in [0.05, 0.1) is 6.04 Å². The van der Waals surface area contributed by atoms with Gasteiger partial charge < -0.3 is 10.3 Å². The first kappa shape index (κ1) is 13.4. The predicted octanol–water partition coefficient (Wildman–Crippen LogP) is 3.32. The summed E-state index contributed by atoms with van der Waals surface area (Å²) in [5, 5.41) is 0. The summed E-state index contributed by atoms with van der Waals surface area (Å²) in [6.45, 7) is 0. The molecule has 1 aromatic carbocycles. The van der Waals surface area contributed by atoms with Gasteiger partial charge in [0.2, 0.25) is 0 Å². The van der Waals surface area contributed by atoms with Crippen molar-refractivity contribution < 1.29 is 0 Å². The molecule has 1 heterocycles. The van der Waals surface area contributed by atoms with Gasteiger partial charge in [-0.1, -0.05) is 49.6 Å². The minimum Gasteiger partial charge on any atom is -0.337 e. The van der Waals surface area contributed by atoms with Crippen LogP contribution in [0.2, 0.25) is 0 Å². The number of nitrogens with zero attached hydrogens (tertiary/aromatic N) is 2. The van der Waals surface area contributed by atoms with Crippen LogP contribution in [0.3, 0.4) is 0 Å². The van der Waals surface area contributed by atoms with E-state index in [0.29, 0.717) is 0 Å². The molecule has 0 radical (unpaired) electrons. The summed E-state index contributed by atoms with van der Waals surface area (Å²) >= 11 is 0. The second-order valence-electron chi connectivity index (χ2n) is 5.96. The van der Waals surface area contributed by atoms with Crippen LogP contribution in [-0.4, -0.2) is 9.55 Å². The highest BCUT2D eigenvalue weighted by Gasteiger charge is 2.41. The summed E-state index contributed by atoms with van der Waals surface area (Å²) in [6.07, 6.45) is 9.98. The van der Waals surface area contributed by atoms with E-state index in [1.165, 1.54) is 24.8 Å². The van der Waals surface area contributed by atoms with Gasteiger partial charge in [0.1, 0.15) is 5.82 Å². The molecule has 0 saturated heterocycles. The molecule has 106 valence electrons. The summed E-state index contributed by atoms with van der Waals surface area (Å²) in [6, 6.07) is 10.7. The Labute approximate surface area is 120 Å². The SMILES string of the molecule is Cn1ccnc1C(N)C1(c2ccccc2)CCCCC1. The van der Waals surface area contributed by atoms with Crippen molar-refractivity contribution in [3.63, 3.8) is 0 Å². The maximum Gasteiger partial charge on any atom is 0.126 e. The van der Waals surface area contributed by atoms with Gasteiger partial charge in [-0.05, 0) is 18.4 Å². The number of hydrogen-bond acceptors (Lipinski definition) is 2. The highest BCUT2D eigenvalue weighted by molar-refractivity contribution is 5.30. The number of hydrogen-bond donors (Lipinski definition) is 1. The van der Waals surface area contributed by atoms with Crippen molar-refractivity contribution in [2.75, 3.05) is 0 Å². The molecule has 2 N–H and O–H groups in total. The normalized spacial score (nSPS) is 19.7. The molecule has 0 amide bonds. The molecule has 3 rings (SSSR count). The van der Waals surface area contributed by atoms with Crippen molar-refractivity contribution in [3.05, 3.63) is 54.1 Å². The maximum absolute atomic E-state index is 6.70. The highest BCUT2D eigenvalue weighted by atomic mass is 15.1. The third kappa shape index (κ3) is 2.16. The number of nitrogens with two attached hydrogens (primary N) is 1. The maximum atomic E-state index is 6.70. The monoisotopic (exact) mass is 269 g/mol. The van der Waals surface area contributed by atoms with Gasteiger partial charge in [-0.25, -0.2) is 4.98 Å². The van der Waals surface area contributed by atoms with E-state index in [-0.39, 0.29) is 11.5 Å². The minimum atomic E-state index is -0.0369. The Kier molecular flexibility index (Phi) is 3.62. The summed E-state index contributed by atoms with van der Waals surface area (Å²) in [5.74, 6) is 0.996. The fourth-order valence-electron chi connectivity index (χ4n) is 3.66. The van der Waals surface area contributed by atoms with E-state index in [2.05, 4.69) is 39.9 Å². The molecule has 1 unspecified atom stereocenters. The number of aryl methyl sites for hydroxylation is 1. The van der Waals surface area contributed by atoms with Gasteiger partial charge in [-0.15, -0.1) is 0 Å². The van der Waals surface area contributed by atoms with E-state index >= 15 is 0 Å². The second-order valence-corrected chi connectivity index (χ2v) is 5.96. The van der Waals surface area contributed by atoms with Crippen molar-refractivity contribution in [3.8, 4) is 0 Å². The van der Waals surface area contributed by atoms with E-state index in [1.54, 1.807) is 0 Å². The van der Waals surface area contributed by atoms with Gasteiger partial charge in [0, 0.05) is 24.9 Å². The third-order valence-corrected chi connectivity index (χ3v) is 4.83. The van der Waals surface area contributed by atoms with E-state index in [9.17, 15) is 0 Å². The smallest absolute Gasteiger partial charge is 0.126 e. The Hall–Kier alpha value is -1.61. The topological polar surface area (TPSA) is 43.8 Å². The van der Waals surface area contributed by atoms with Gasteiger partial charge in [-0.2, -0.15) is 0 Å². The summed E-state index contributed by atoms with van der Waals surface area (Å²) in [4.78, 5) is 4.50. The standard InChI is InChI=1S/C17H23N3/c1-20-13-12-19-16(20)15(18)17(10-6-3-7-11-17)14-8-4-2-5-9-14/h2,4-5,8-9,12-13,15H,3,6-7,10-11,18H2,1H3. The fourth-order valence-corrected chi connectivity index (χ4v) is 3.66. The van der Waals surface area contributed by atoms with Gasteiger partial charge >= 0.3 is 0 Å². The van der Waals surface area contributed by atoms with Crippen LogP contribution in [0.15, 0.2) is 42.7 Å². The third-order valence-electron chi connectivity index (χ3n) is 4.83. The van der Waals surface area contributed by atoms with E-state index < -0.39 is 0 Å². The van der Waals surface area contributed by atoms with Crippen LogP contribution in [0.4, 0.5) is 0 Å². The first-order chi connectivity index (χ1) is 9.74. The average Bonchev–Trinajstić information content (AvgIpc) is 2.94. The van der Waals surface area contributed by atoms with Crippen molar-refractivity contribution in [1.82, 2.24) is 9.55 Å². The van der Waals surface area contributed by atoms with E-state index in [0.717, 1.165) is 18.7 Å². The highest BCUT2D eigenvalue weighted by Crippen LogP contribution is 2.46. The Morgan fingerprint density at radius 3 is 2.45 bits per heavy atom. The molecule has 1 aliphatic rings. The number of imidazole rings is 1. The number of benzene rings is 1. The minimum absolute atomic E-state index is 0.0369. The number of rotatable bonds is 3. The Balaban J connectivity index is 2.04. The van der Waals surface area contributed by atoms with Crippen LogP contribution >= 0.6 is 0 Å². The molecule has 1 fully saturated rings. The lowest BCUT2D eigenvalue weighted by Crippen LogP contribution is -2.41. The quantitative estimate of drug-likeness (QED) is 0.929.